The van der Waals surface area contributed by atoms with Gasteiger partial charge in [-0.15, -0.1) is 0 Å². The monoisotopic (exact) mass is 262 g/mol. The highest BCUT2D eigenvalue weighted by molar-refractivity contribution is 7.91. The van der Waals surface area contributed by atoms with E-state index in [0.29, 0.717) is 18.9 Å². The molecule has 1 saturated heterocycles. The van der Waals surface area contributed by atoms with Crippen LogP contribution in [-0.2, 0) is 14.6 Å². The van der Waals surface area contributed by atoms with Crippen molar-refractivity contribution >= 4 is 15.7 Å². The number of sulfone groups is 1. The molecular formula is C11H22N2O3S. The van der Waals surface area contributed by atoms with Crippen molar-refractivity contribution in [2.24, 2.45) is 5.92 Å². The maximum atomic E-state index is 11.6. The largest absolute Gasteiger partial charge is 0.355 e. The molecule has 1 unspecified atom stereocenters. The molecule has 0 bridgehead atoms. The average molecular weight is 262 g/mol. The van der Waals surface area contributed by atoms with Crippen LogP contribution in [0.5, 0.6) is 0 Å². The van der Waals surface area contributed by atoms with Crippen LogP contribution in [0.1, 0.15) is 20.3 Å². The second kappa shape index (κ2) is 5.82. The molecule has 1 atom stereocenters. The first-order chi connectivity index (χ1) is 7.80. The third-order valence-electron chi connectivity index (χ3n) is 2.93. The van der Waals surface area contributed by atoms with Gasteiger partial charge in [-0.2, -0.15) is 0 Å². The minimum atomic E-state index is -2.88. The van der Waals surface area contributed by atoms with E-state index in [1.165, 1.54) is 0 Å². The predicted octanol–water partition coefficient (Wildman–Crippen LogP) is -0.122. The van der Waals surface area contributed by atoms with Crippen LogP contribution in [0.4, 0.5) is 0 Å². The van der Waals surface area contributed by atoms with Gasteiger partial charge in [0.2, 0.25) is 5.91 Å². The lowest BCUT2D eigenvalue weighted by Gasteiger charge is -2.22. The van der Waals surface area contributed by atoms with Crippen molar-refractivity contribution < 1.29 is 13.2 Å². The minimum Gasteiger partial charge on any atom is -0.355 e. The first-order valence-electron chi connectivity index (χ1n) is 5.97. The van der Waals surface area contributed by atoms with Crippen LogP contribution < -0.4 is 5.32 Å². The van der Waals surface area contributed by atoms with Crippen LogP contribution in [0.25, 0.3) is 0 Å². The van der Waals surface area contributed by atoms with Crippen molar-refractivity contribution in [1.82, 2.24) is 10.2 Å². The molecule has 17 heavy (non-hydrogen) atoms. The number of nitrogens with one attached hydrogen (secondary N) is 1. The molecular weight excluding hydrogens is 240 g/mol. The summed E-state index contributed by atoms with van der Waals surface area (Å²) >= 11 is 0. The quantitative estimate of drug-likeness (QED) is 0.750. The van der Waals surface area contributed by atoms with Gasteiger partial charge >= 0.3 is 0 Å². The van der Waals surface area contributed by atoms with Crippen molar-refractivity contribution in [2.75, 3.05) is 31.6 Å². The molecule has 100 valence electrons. The average Bonchev–Trinajstić information content (AvgIpc) is 2.56. The zero-order valence-corrected chi connectivity index (χ0v) is 11.6. The van der Waals surface area contributed by atoms with Gasteiger partial charge in [-0.3, -0.25) is 9.69 Å². The van der Waals surface area contributed by atoms with Gasteiger partial charge in [0.15, 0.2) is 9.84 Å². The molecule has 0 aromatic carbocycles. The van der Waals surface area contributed by atoms with Crippen molar-refractivity contribution in [3.63, 3.8) is 0 Å². The Morgan fingerprint density at radius 3 is 2.59 bits per heavy atom. The molecule has 1 aliphatic rings. The van der Waals surface area contributed by atoms with E-state index in [2.05, 4.69) is 5.32 Å². The van der Waals surface area contributed by atoms with Crippen LogP contribution in [0.2, 0.25) is 0 Å². The molecule has 1 amide bonds. The Hall–Kier alpha value is -0.620. The van der Waals surface area contributed by atoms with Gasteiger partial charge in [0.25, 0.3) is 0 Å². The van der Waals surface area contributed by atoms with E-state index in [-0.39, 0.29) is 30.0 Å². The molecule has 0 aromatic heterocycles. The highest BCUT2D eigenvalue weighted by Gasteiger charge is 2.31. The summed E-state index contributed by atoms with van der Waals surface area (Å²) in [6.45, 7) is 5.00. The van der Waals surface area contributed by atoms with Gasteiger partial charge in [0.1, 0.15) is 0 Å². The van der Waals surface area contributed by atoms with E-state index in [1.807, 2.05) is 18.7 Å². The fourth-order valence-electron chi connectivity index (χ4n) is 1.85. The molecule has 0 aromatic rings. The molecule has 1 rings (SSSR count). The Bertz CT molecular complexity index is 365. The number of amides is 1. The normalized spacial score (nSPS) is 23.2. The number of carbonyl (C=O) groups is 1. The third-order valence-corrected chi connectivity index (χ3v) is 4.68. The van der Waals surface area contributed by atoms with E-state index in [0.717, 1.165) is 0 Å². The topological polar surface area (TPSA) is 66.5 Å². The van der Waals surface area contributed by atoms with E-state index in [4.69, 9.17) is 0 Å². The SMILES string of the molecule is CC(C)CNC(=O)CN(C)C1CCS(=O)(=O)C1. The summed E-state index contributed by atoms with van der Waals surface area (Å²) in [5.41, 5.74) is 0. The minimum absolute atomic E-state index is 0.00944. The van der Waals surface area contributed by atoms with E-state index in [9.17, 15) is 13.2 Å². The van der Waals surface area contributed by atoms with Crippen LogP contribution in [0.3, 0.4) is 0 Å². The standard InChI is InChI=1S/C11H22N2O3S/c1-9(2)6-12-11(14)7-13(3)10-4-5-17(15,16)8-10/h9-10H,4-8H2,1-3H3,(H,12,14). The number of hydrogen-bond acceptors (Lipinski definition) is 4. The summed E-state index contributed by atoms with van der Waals surface area (Å²) < 4.78 is 22.6. The van der Waals surface area contributed by atoms with Crippen LogP contribution in [0.15, 0.2) is 0 Å². The van der Waals surface area contributed by atoms with E-state index < -0.39 is 9.84 Å². The lowest BCUT2D eigenvalue weighted by Crippen LogP contribution is -2.42. The van der Waals surface area contributed by atoms with Crippen LogP contribution in [-0.4, -0.2) is 56.9 Å². The highest BCUT2D eigenvalue weighted by atomic mass is 32.2. The smallest absolute Gasteiger partial charge is 0.234 e. The zero-order valence-electron chi connectivity index (χ0n) is 10.8. The Morgan fingerprint density at radius 2 is 2.12 bits per heavy atom. The number of rotatable bonds is 5. The lowest BCUT2D eigenvalue weighted by atomic mass is 10.2. The van der Waals surface area contributed by atoms with Gasteiger partial charge < -0.3 is 5.32 Å². The fourth-order valence-corrected chi connectivity index (χ4v) is 3.66. The first kappa shape index (κ1) is 14.4. The Balaban J connectivity index is 2.34. The Morgan fingerprint density at radius 1 is 1.47 bits per heavy atom. The number of nitrogens with zero attached hydrogens (tertiary/aromatic N) is 1. The first-order valence-corrected chi connectivity index (χ1v) is 7.79. The molecule has 1 fully saturated rings. The summed E-state index contributed by atoms with van der Waals surface area (Å²) in [6.07, 6.45) is 0.635. The second-order valence-electron chi connectivity index (χ2n) is 5.17. The molecule has 1 aliphatic heterocycles. The van der Waals surface area contributed by atoms with E-state index in [1.54, 1.807) is 7.05 Å². The van der Waals surface area contributed by atoms with Gasteiger partial charge in [-0.05, 0) is 19.4 Å². The van der Waals surface area contributed by atoms with E-state index >= 15 is 0 Å². The molecule has 0 radical (unpaired) electrons. The highest BCUT2D eigenvalue weighted by Crippen LogP contribution is 2.15. The molecule has 5 nitrogen and oxygen atoms in total. The van der Waals surface area contributed by atoms with Gasteiger partial charge in [0.05, 0.1) is 18.1 Å². The lowest BCUT2D eigenvalue weighted by molar-refractivity contribution is -0.122. The summed E-state index contributed by atoms with van der Waals surface area (Å²) in [5, 5.41) is 2.83. The van der Waals surface area contributed by atoms with Crippen molar-refractivity contribution in [3.05, 3.63) is 0 Å². The zero-order chi connectivity index (χ0) is 13.1. The molecule has 6 heteroatoms. The molecule has 0 aliphatic carbocycles. The Kier molecular flexibility index (Phi) is 4.94. The molecule has 0 spiro atoms. The van der Waals surface area contributed by atoms with Gasteiger partial charge in [-0.1, -0.05) is 13.8 Å². The van der Waals surface area contributed by atoms with Gasteiger partial charge in [0, 0.05) is 12.6 Å². The maximum Gasteiger partial charge on any atom is 0.234 e. The second-order valence-corrected chi connectivity index (χ2v) is 7.40. The fraction of sp³-hybridized carbons (Fsp3) is 0.909. The number of hydrogen-bond donors (Lipinski definition) is 1. The van der Waals surface area contributed by atoms with Crippen molar-refractivity contribution in [3.8, 4) is 0 Å². The molecule has 1 heterocycles. The van der Waals surface area contributed by atoms with Gasteiger partial charge in [-0.25, -0.2) is 8.42 Å². The predicted molar refractivity (Wildman–Crippen MR) is 67.5 cm³/mol. The summed E-state index contributed by atoms with van der Waals surface area (Å²) in [4.78, 5) is 13.4. The van der Waals surface area contributed by atoms with Crippen LogP contribution >= 0.6 is 0 Å². The van der Waals surface area contributed by atoms with Crippen molar-refractivity contribution in [1.29, 1.82) is 0 Å². The number of likely N-dealkylation sites (N-methyl/N-ethyl adjacent to an activating group) is 1. The van der Waals surface area contributed by atoms with Crippen molar-refractivity contribution in [2.45, 2.75) is 26.3 Å². The summed E-state index contributed by atoms with van der Waals surface area (Å²) in [6, 6.07) is -0.00944. The molecule has 1 N–H and O–H groups in total. The summed E-state index contributed by atoms with van der Waals surface area (Å²) in [7, 11) is -1.07. The van der Waals surface area contributed by atoms with Crippen LogP contribution in [0, 0.1) is 5.92 Å². The number of carbonyl (C=O) groups excluding carboxylic acids is 1. The molecule has 0 saturated carbocycles. The third kappa shape index (κ3) is 5.04. The summed E-state index contributed by atoms with van der Waals surface area (Å²) in [5.74, 6) is 0.818. The maximum absolute atomic E-state index is 11.6. The Labute approximate surface area is 103 Å².